The molecule has 1 aromatic carbocycles. The van der Waals surface area contributed by atoms with Gasteiger partial charge in [0.2, 0.25) is 0 Å². The zero-order valence-corrected chi connectivity index (χ0v) is 17.1. The number of nitrogens with two attached hydrogens (primary N) is 1. The van der Waals surface area contributed by atoms with Gasteiger partial charge in [-0.25, -0.2) is 9.97 Å². The highest BCUT2D eigenvalue weighted by atomic mass is 16.5. The summed E-state index contributed by atoms with van der Waals surface area (Å²) in [4.78, 5) is 25.4. The first kappa shape index (κ1) is 20.0. The summed E-state index contributed by atoms with van der Waals surface area (Å²) < 4.78 is 6.06. The highest BCUT2D eigenvalue weighted by Crippen LogP contribution is 2.42. The van der Waals surface area contributed by atoms with E-state index in [2.05, 4.69) is 26.3 Å². The number of nitriles is 1. The van der Waals surface area contributed by atoms with Crippen LogP contribution in [0.15, 0.2) is 55.3 Å². The molecular weight excluding hydrogens is 392 g/mol. The number of aromatic nitrogens is 3. The highest BCUT2D eigenvalue weighted by Gasteiger charge is 2.31. The summed E-state index contributed by atoms with van der Waals surface area (Å²) in [5, 5.41) is 12.2. The van der Waals surface area contributed by atoms with Crippen molar-refractivity contribution >= 4 is 17.2 Å². The molecule has 0 fully saturated rings. The number of nitrogens with one attached hydrogen (secondary N) is 1. The lowest BCUT2D eigenvalue weighted by Gasteiger charge is -2.17. The molecular formula is C23H20N6O2. The van der Waals surface area contributed by atoms with E-state index in [9.17, 15) is 10.1 Å². The van der Waals surface area contributed by atoms with E-state index in [-0.39, 0.29) is 17.0 Å². The van der Waals surface area contributed by atoms with E-state index in [0.29, 0.717) is 28.8 Å². The largest absolute Gasteiger partial charge is 0.487 e. The van der Waals surface area contributed by atoms with Crippen molar-refractivity contribution in [3.8, 4) is 22.9 Å². The van der Waals surface area contributed by atoms with E-state index in [0.717, 1.165) is 11.3 Å². The standard InChI is InChI=1S/C23H20N6O2/c1-23(2)9-15-7-19(29-22(30)18(11-25)21-27-4-3-5-28-21)17(8-20(15)31-23)16-6-14(10-24)12-26-13-16/h3-8,11-13H,9,25H2,1-2H3,(H,29,30)/b18-11+. The molecule has 0 bridgehead atoms. The maximum absolute atomic E-state index is 13.0. The molecule has 0 saturated heterocycles. The fourth-order valence-electron chi connectivity index (χ4n) is 3.52. The van der Waals surface area contributed by atoms with Crippen molar-refractivity contribution in [3.63, 3.8) is 0 Å². The van der Waals surface area contributed by atoms with Crippen LogP contribution < -0.4 is 15.8 Å². The Morgan fingerprint density at radius 1 is 1.26 bits per heavy atom. The first-order chi connectivity index (χ1) is 14.9. The minimum Gasteiger partial charge on any atom is -0.487 e. The minimum atomic E-state index is -0.447. The number of amides is 1. The fraction of sp³-hybridized carbons (Fsp3) is 0.174. The maximum atomic E-state index is 13.0. The molecule has 8 nitrogen and oxygen atoms in total. The third-order valence-electron chi connectivity index (χ3n) is 4.85. The highest BCUT2D eigenvalue weighted by molar-refractivity contribution is 6.24. The van der Waals surface area contributed by atoms with E-state index in [1.54, 1.807) is 30.7 Å². The third-order valence-corrected chi connectivity index (χ3v) is 4.85. The van der Waals surface area contributed by atoms with Gasteiger partial charge < -0.3 is 15.8 Å². The van der Waals surface area contributed by atoms with Gasteiger partial charge in [-0.05, 0) is 38.1 Å². The lowest BCUT2D eigenvalue weighted by atomic mass is 9.97. The summed E-state index contributed by atoms with van der Waals surface area (Å²) in [5.74, 6) is 0.515. The van der Waals surface area contributed by atoms with Crippen LogP contribution in [0.5, 0.6) is 5.75 Å². The van der Waals surface area contributed by atoms with Crippen LogP contribution in [0, 0.1) is 11.3 Å². The average molecular weight is 412 g/mol. The summed E-state index contributed by atoms with van der Waals surface area (Å²) in [6.45, 7) is 4.01. The zero-order valence-electron chi connectivity index (χ0n) is 17.1. The minimum absolute atomic E-state index is 0.146. The van der Waals surface area contributed by atoms with Crippen molar-refractivity contribution in [2.75, 3.05) is 5.32 Å². The van der Waals surface area contributed by atoms with Gasteiger partial charge in [0.15, 0.2) is 5.82 Å². The smallest absolute Gasteiger partial charge is 0.260 e. The molecule has 1 aliphatic heterocycles. The molecule has 8 heteroatoms. The molecule has 3 aromatic rings. The number of nitrogens with zero attached hydrogens (tertiary/aromatic N) is 4. The van der Waals surface area contributed by atoms with Crippen LogP contribution in [0.1, 0.15) is 30.8 Å². The van der Waals surface area contributed by atoms with Crippen molar-refractivity contribution in [2.45, 2.75) is 25.9 Å². The van der Waals surface area contributed by atoms with E-state index in [1.165, 1.54) is 12.4 Å². The zero-order chi connectivity index (χ0) is 22.0. The summed E-state index contributed by atoms with van der Waals surface area (Å²) in [7, 11) is 0. The van der Waals surface area contributed by atoms with Crippen LogP contribution in [0.4, 0.5) is 5.69 Å². The Labute approximate surface area is 179 Å². The van der Waals surface area contributed by atoms with Gasteiger partial charge in [-0.2, -0.15) is 5.26 Å². The van der Waals surface area contributed by atoms with E-state index >= 15 is 0 Å². The Morgan fingerprint density at radius 3 is 2.74 bits per heavy atom. The number of carbonyl (C=O) groups is 1. The van der Waals surface area contributed by atoms with Gasteiger partial charge in [-0.1, -0.05) is 0 Å². The molecule has 1 amide bonds. The van der Waals surface area contributed by atoms with E-state index in [1.807, 2.05) is 26.0 Å². The van der Waals surface area contributed by atoms with Crippen LogP contribution in [-0.2, 0) is 11.2 Å². The molecule has 0 unspecified atom stereocenters. The summed E-state index contributed by atoms with van der Waals surface area (Å²) >= 11 is 0. The van der Waals surface area contributed by atoms with E-state index < -0.39 is 5.91 Å². The number of hydrogen-bond donors (Lipinski definition) is 2. The Morgan fingerprint density at radius 2 is 2.03 bits per heavy atom. The molecule has 4 rings (SSSR count). The van der Waals surface area contributed by atoms with Gasteiger partial charge in [0.1, 0.15) is 17.4 Å². The second-order valence-electron chi connectivity index (χ2n) is 7.73. The van der Waals surface area contributed by atoms with Crippen molar-refractivity contribution in [3.05, 3.63) is 72.2 Å². The quantitative estimate of drug-likeness (QED) is 0.631. The van der Waals surface area contributed by atoms with Crippen molar-refractivity contribution in [1.29, 1.82) is 5.26 Å². The molecule has 0 atom stereocenters. The van der Waals surface area contributed by atoms with Crippen molar-refractivity contribution in [1.82, 2.24) is 15.0 Å². The molecule has 0 radical (unpaired) electrons. The predicted octanol–water partition coefficient (Wildman–Crippen LogP) is 3.06. The van der Waals surface area contributed by atoms with Crippen LogP contribution in [0.3, 0.4) is 0 Å². The molecule has 0 aliphatic carbocycles. The molecule has 2 aromatic heterocycles. The number of ether oxygens (including phenoxy) is 1. The fourth-order valence-corrected chi connectivity index (χ4v) is 3.52. The summed E-state index contributed by atoms with van der Waals surface area (Å²) in [5.41, 5.74) is 8.80. The monoisotopic (exact) mass is 412 g/mol. The van der Waals surface area contributed by atoms with Gasteiger partial charge in [-0.15, -0.1) is 0 Å². The normalized spacial score (nSPS) is 14.3. The second kappa shape index (κ2) is 7.88. The number of anilines is 1. The predicted molar refractivity (Wildman–Crippen MR) is 116 cm³/mol. The SMILES string of the molecule is CC1(C)Cc2cc(NC(=O)/C(=C/N)c3ncccn3)c(-c3cncc(C#N)c3)cc2O1. The topological polar surface area (TPSA) is 127 Å². The average Bonchev–Trinajstić information content (AvgIpc) is 3.07. The number of benzene rings is 1. The van der Waals surface area contributed by atoms with Crippen molar-refractivity contribution in [2.24, 2.45) is 5.73 Å². The Bertz CT molecular complexity index is 1230. The molecule has 3 heterocycles. The number of hydrogen-bond acceptors (Lipinski definition) is 7. The molecule has 31 heavy (non-hydrogen) atoms. The second-order valence-corrected chi connectivity index (χ2v) is 7.73. The summed E-state index contributed by atoms with van der Waals surface area (Å²) in [6.07, 6.45) is 8.08. The number of carbonyl (C=O) groups excluding carboxylic acids is 1. The number of pyridine rings is 1. The van der Waals surface area contributed by atoms with Gasteiger partial charge in [0.05, 0.1) is 11.1 Å². The molecule has 3 N–H and O–H groups in total. The number of fused-ring (bicyclic) bond motifs is 1. The lowest BCUT2D eigenvalue weighted by molar-refractivity contribution is -0.111. The molecule has 154 valence electrons. The Kier molecular flexibility index (Phi) is 5.09. The lowest BCUT2D eigenvalue weighted by Crippen LogP contribution is -2.24. The van der Waals surface area contributed by atoms with Gasteiger partial charge in [0.25, 0.3) is 5.91 Å². The van der Waals surface area contributed by atoms with Crippen LogP contribution in [-0.4, -0.2) is 26.5 Å². The molecule has 0 saturated carbocycles. The van der Waals surface area contributed by atoms with Crippen LogP contribution in [0.25, 0.3) is 16.7 Å². The van der Waals surface area contributed by atoms with Crippen LogP contribution in [0.2, 0.25) is 0 Å². The van der Waals surface area contributed by atoms with E-state index in [4.69, 9.17) is 10.5 Å². The summed E-state index contributed by atoms with van der Waals surface area (Å²) in [6, 6.07) is 9.21. The van der Waals surface area contributed by atoms with Gasteiger partial charge in [-0.3, -0.25) is 9.78 Å². The first-order valence-corrected chi connectivity index (χ1v) is 9.62. The van der Waals surface area contributed by atoms with Crippen molar-refractivity contribution < 1.29 is 9.53 Å². The molecule has 1 aliphatic rings. The van der Waals surface area contributed by atoms with Gasteiger partial charge in [0, 0.05) is 59.8 Å². The maximum Gasteiger partial charge on any atom is 0.260 e. The first-order valence-electron chi connectivity index (χ1n) is 9.62. The Hall–Kier alpha value is -4.25. The number of rotatable bonds is 4. The van der Waals surface area contributed by atoms with Crippen LogP contribution >= 0.6 is 0 Å². The Balaban J connectivity index is 1.77. The molecule has 0 spiro atoms. The van der Waals surface area contributed by atoms with Gasteiger partial charge >= 0.3 is 0 Å². The third kappa shape index (κ3) is 4.07.